The van der Waals surface area contributed by atoms with E-state index in [-0.39, 0.29) is 24.4 Å². The molecule has 0 aromatic heterocycles. The fraction of sp³-hybridized carbons (Fsp3) is 0.278. The highest BCUT2D eigenvalue weighted by Gasteiger charge is 2.09. The standard InChI is InChI=1S/C18H22N2O2.ClH/c1-13-12-16(8-9-17(13)20-18(21)10-11-19)22-14(2)15-6-4-3-5-7-15;/h3-9,12,14H,10-11,19H2,1-2H3,(H,20,21);1H. The van der Waals surface area contributed by atoms with Crippen LogP contribution in [0.25, 0.3) is 0 Å². The maximum absolute atomic E-state index is 11.6. The molecule has 2 aromatic carbocycles. The predicted octanol–water partition coefficient (Wildman–Crippen LogP) is 3.84. The Morgan fingerprint density at radius 1 is 1.22 bits per heavy atom. The van der Waals surface area contributed by atoms with Gasteiger partial charge in [0.05, 0.1) is 0 Å². The van der Waals surface area contributed by atoms with Gasteiger partial charge in [-0.3, -0.25) is 4.79 Å². The number of halogens is 1. The van der Waals surface area contributed by atoms with E-state index < -0.39 is 0 Å². The maximum atomic E-state index is 11.6. The van der Waals surface area contributed by atoms with Gasteiger partial charge >= 0.3 is 0 Å². The molecular formula is C18H23ClN2O2. The van der Waals surface area contributed by atoms with Crippen LogP contribution in [0, 0.1) is 6.92 Å². The van der Waals surface area contributed by atoms with E-state index in [1.807, 2.05) is 62.4 Å². The Balaban J connectivity index is 0.00000264. The minimum absolute atomic E-state index is 0. The number of hydrogen-bond acceptors (Lipinski definition) is 3. The normalized spacial score (nSPS) is 11.3. The quantitative estimate of drug-likeness (QED) is 0.843. The minimum atomic E-state index is -0.0723. The average Bonchev–Trinajstić information content (AvgIpc) is 2.51. The van der Waals surface area contributed by atoms with Crippen molar-refractivity contribution in [3.63, 3.8) is 0 Å². The van der Waals surface area contributed by atoms with E-state index in [9.17, 15) is 4.79 Å². The zero-order valence-corrected chi connectivity index (χ0v) is 14.2. The van der Waals surface area contributed by atoms with Crippen molar-refractivity contribution in [2.75, 3.05) is 11.9 Å². The number of rotatable bonds is 6. The lowest BCUT2D eigenvalue weighted by molar-refractivity contribution is -0.116. The monoisotopic (exact) mass is 334 g/mol. The maximum Gasteiger partial charge on any atom is 0.225 e. The Bertz CT molecular complexity index is 632. The molecule has 23 heavy (non-hydrogen) atoms. The number of nitrogens with one attached hydrogen (secondary N) is 1. The fourth-order valence-electron chi connectivity index (χ4n) is 2.19. The molecule has 0 aliphatic heterocycles. The second-order valence-corrected chi connectivity index (χ2v) is 5.23. The third kappa shape index (κ3) is 5.58. The van der Waals surface area contributed by atoms with Crippen LogP contribution < -0.4 is 15.8 Å². The molecule has 0 heterocycles. The highest BCUT2D eigenvalue weighted by Crippen LogP contribution is 2.26. The van der Waals surface area contributed by atoms with E-state index in [0.717, 1.165) is 22.6 Å². The van der Waals surface area contributed by atoms with Crippen LogP contribution >= 0.6 is 12.4 Å². The Labute approximate surface area is 143 Å². The first-order chi connectivity index (χ1) is 10.6. The van der Waals surface area contributed by atoms with Gasteiger partial charge in [0.2, 0.25) is 5.91 Å². The fourth-order valence-corrected chi connectivity index (χ4v) is 2.19. The van der Waals surface area contributed by atoms with Crippen LogP contribution in [0.5, 0.6) is 5.75 Å². The smallest absolute Gasteiger partial charge is 0.225 e. The number of nitrogens with two attached hydrogens (primary N) is 1. The summed E-state index contributed by atoms with van der Waals surface area (Å²) in [6, 6.07) is 15.7. The summed E-state index contributed by atoms with van der Waals surface area (Å²) in [6.07, 6.45) is 0.293. The SMILES string of the molecule is Cc1cc(OC(C)c2ccccc2)ccc1NC(=O)CCN.Cl. The van der Waals surface area contributed by atoms with Gasteiger partial charge in [0.1, 0.15) is 11.9 Å². The van der Waals surface area contributed by atoms with E-state index in [1.54, 1.807) is 0 Å². The summed E-state index contributed by atoms with van der Waals surface area (Å²) < 4.78 is 5.96. The number of carbonyl (C=O) groups excluding carboxylic acids is 1. The van der Waals surface area contributed by atoms with E-state index in [4.69, 9.17) is 10.5 Å². The second-order valence-electron chi connectivity index (χ2n) is 5.23. The number of amides is 1. The van der Waals surface area contributed by atoms with Gasteiger partial charge in [-0.15, -0.1) is 12.4 Å². The summed E-state index contributed by atoms with van der Waals surface area (Å²) in [5.74, 6) is 0.711. The lowest BCUT2D eigenvalue weighted by Gasteiger charge is -2.16. The van der Waals surface area contributed by atoms with Crippen molar-refractivity contribution in [3.8, 4) is 5.75 Å². The first kappa shape index (κ1) is 19.0. The molecule has 0 spiro atoms. The molecule has 4 nitrogen and oxygen atoms in total. The second kappa shape index (κ2) is 9.18. The highest BCUT2D eigenvalue weighted by atomic mass is 35.5. The van der Waals surface area contributed by atoms with Gasteiger partial charge < -0.3 is 15.8 Å². The lowest BCUT2D eigenvalue weighted by Crippen LogP contribution is -2.16. The number of ether oxygens (including phenoxy) is 1. The molecule has 0 radical (unpaired) electrons. The number of aryl methyl sites for hydroxylation is 1. The van der Waals surface area contributed by atoms with E-state index >= 15 is 0 Å². The van der Waals surface area contributed by atoms with Gasteiger partial charge in [-0.1, -0.05) is 30.3 Å². The van der Waals surface area contributed by atoms with E-state index in [1.165, 1.54) is 0 Å². The van der Waals surface area contributed by atoms with Gasteiger partial charge in [0, 0.05) is 18.7 Å². The van der Waals surface area contributed by atoms with Crippen molar-refractivity contribution in [3.05, 3.63) is 59.7 Å². The van der Waals surface area contributed by atoms with Crippen LogP contribution in [-0.2, 0) is 4.79 Å². The average molecular weight is 335 g/mol. The summed E-state index contributed by atoms with van der Waals surface area (Å²) in [5.41, 5.74) is 8.25. The van der Waals surface area contributed by atoms with Crippen LogP contribution in [0.15, 0.2) is 48.5 Å². The predicted molar refractivity (Wildman–Crippen MR) is 96.2 cm³/mol. The summed E-state index contributed by atoms with van der Waals surface area (Å²) in [4.78, 5) is 11.6. The van der Waals surface area contributed by atoms with Crippen LogP contribution in [0.1, 0.15) is 30.6 Å². The van der Waals surface area contributed by atoms with Gasteiger partial charge in [-0.05, 0) is 43.2 Å². The zero-order valence-electron chi connectivity index (χ0n) is 13.4. The number of hydrogen-bond donors (Lipinski definition) is 2. The van der Waals surface area contributed by atoms with Crippen LogP contribution in [0.3, 0.4) is 0 Å². The van der Waals surface area contributed by atoms with Crippen molar-refractivity contribution in [1.82, 2.24) is 0 Å². The molecule has 0 saturated heterocycles. The topological polar surface area (TPSA) is 64.3 Å². The molecule has 2 aromatic rings. The molecule has 0 aliphatic carbocycles. The molecule has 1 unspecified atom stereocenters. The lowest BCUT2D eigenvalue weighted by atomic mass is 10.1. The Hall–Kier alpha value is -2.04. The third-order valence-corrected chi connectivity index (χ3v) is 3.43. The van der Waals surface area contributed by atoms with Crippen molar-refractivity contribution in [2.45, 2.75) is 26.4 Å². The Morgan fingerprint density at radius 3 is 2.52 bits per heavy atom. The van der Waals surface area contributed by atoms with E-state index in [0.29, 0.717) is 13.0 Å². The summed E-state index contributed by atoms with van der Waals surface area (Å²) in [6.45, 7) is 4.31. The van der Waals surface area contributed by atoms with Gasteiger partial charge in [0.25, 0.3) is 0 Å². The molecule has 5 heteroatoms. The van der Waals surface area contributed by atoms with Crippen molar-refractivity contribution < 1.29 is 9.53 Å². The molecule has 124 valence electrons. The van der Waals surface area contributed by atoms with Crippen molar-refractivity contribution in [1.29, 1.82) is 0 Å². The molecule has 0 aliphatic rings. The molecular weight excluding hydrogens is 312 g/mol. The zero-order chi connectivity index (χ0) is 15.9. The highest BCUT2D eigenvalue weighted by molar-refractivity contribution is 5.91. The Morgan fingerprint density at radius 2 is 1.91 bits per heavy atom. The first-order valence-electron chi connectivity index (χ1n) is 7.42. The number of carbonyl (C=O) groups is 1. The van der Waals surface area contributed by atoms with Crippen molar-refractivity contribution >= 4 is 24.0 Å². The molecule has 0 bridgehead atoms. The van der Waals surface area contributed by atoms with Gasteiger partial charge in [-0.25, -0.2) is 0 Å². The molecule has 0 saturated carbocycles. The minimum Gasteiger partial charge on any atom is -0.486 e. The summed E-state index contributed by atoms with van der Waals surface area (Å²) >= 11 is 0. The number of benzene rings is 2. The van der Waals surface area contributed by atoms with Gasteiger partial charge in [-0.2, -0.15) is 0 Å². The molecule has 1 amide bonds. The van der Waals surface area contributed by atoms with Crippen LogP contribution in [0.2, 0.25) is 0 Å². The molecule has 2 rings (SSSR count). The van der Waals surface area contributed by atoms with Gasteiger partial charge in [0.15, 0.2) is 0 Å². The van der Waals surface area contributed by atoms with E-state index in [2.05, 4.69) is 5.32 Å². The third-order valence-electron chi connectivity index (χ3n) is 3.43. The molecule has 3 N–H and O–H groups in total. The van der Waals surface area contributed by atoms with Crippen LogP contribution in [0.4, 0.5) is 5.69 Å². The molecule has 0 fully saturated rings. The summed E-state index contributed by atoms with van der Waals surface area (Å²) in [5, 5.41) is 2.85. The number of anilines is 1. The van der Waals surface area contributed by atoms with Crippen molar-refractivity contribution in [2.24, 2.45) is 5.73 Å². The molecule has 1 atom stereocenters. The Kier molecular flexibility index (Phi) is 7.59. The first-order valence-corrected chi connectivity index (χ1v) is 7.42. The van der Waals surface area contributed by atoms with Crippen LogP contribution in [-0.4, -0.2) is 12.5 Å². The summed E-state index contributed by atoms with van der Waals surface area (Å²) in [7, 11) is 0. The largest absolute Gasteiger partial charge is 0.486 e.